The van der Waals surface area contributed by atoms with Crippen molar-refractivity contribution in [2.75, 3.05) is 0 Å². The third-order valence-corrected chi connectivity index (χ3v) is 0.518. The van der Waals surface area contributed by atoms with Crippen molar-refractivity contribution in [3.05, 3.63) is 13.3 Å². The van der Waals surface area contributed by atoms with Crippen LogP contribution in [0.4, 0.5) is 0 Å². The lowest BCUT2D eigenvalue weighted by Gasteiger charge is -1.90. The highest BCUT2D eigenvalue weighted by atomic mass is 16.1. The Morgan fingerprint density at radius 1 is 2.00 bits per heavy atom. The Hall–Kier alpha value is -0.970. The van der Waals surface area contributed by atoms with E-state index in [1.807, 2.05) is 5.92 Å². The van der Waals surface area contributed by atoms with Crippen LogP contribution in [0.1, 0.15) is 0 Å². The number of hydrogen-bond donors (Lipinski definition) is 1. The van der Waals surface area contributed by atoms with Gasteiger partial charge in [-0.1, -0.05) is 5.92 Å². The predicted molar refractivity (Wildman–Crippen MR) is 25.2 cm³/mol. The standard InChI is InChI=1S/C5H5NO/c1-3-4(2)5(6)7/h4H,2H2,(H2,6,7). The molecule has 0 saturated carbocycles. The molecule has 0 aliphatic carbocycles. The maximum Gasteiger partial charge on any atom is 0.232 e. The molecule has 0 aliphatic heterocycles. The van der Waals surface area contributed by atoms with Gasteiger partial charge in [-0.05, 0) is 13.3 Å². The fourth-order valence-electron chi connectivity index (χ4n) is 0.0711. The molecule has 0 aromatic heterocycles. The SMILES string of the molecule is [C]#CC([CH2])C(N)=O. The Kier molecular flexibility index (Phi) is 1.94. The van der Waals surface area contributed by atoms with Crippen molar-refractivity contribution in [3.8, 4) is 5.92 Å². The van der Waals surface area contributed by atoms with E-state index in [0.29, 0.717) is 0 Å². The molecule has 0 spiro atoms. The van der Waals surface area contributed by atoms with Gasteiger partial charge in [0.2, 0.25) is 5.91 Å². The van der Waals surface area contributed by atoms with Gasteiger partial charge in [0.05, 0.1) is 5.92 Å². The first-order chi connectivity index (χ1) is 3.18. The molecule has 0 aromatic rings. The smallest absolute Gasteiger partial charge is 0.232 e. The molecular formula is C5H5NO. The number of hydrogen-bond acceptors (Lipinski definition) is 1. The third kappa shape index (κ3) is 1.83. The van der Waals surface area contributed by atoms with E-state index in [1.165, 1.54) is 0 Å². The van der Waals surface area contributed by atoms with Gasteiger partial charge in [0.15, 0.2) is 0 Å². The summed E-state index contributed by atoms with van der Waals surface area (Å²) in [4.78, 5) is 9.91. The second kappa shape index (κ2) is 2.25. The highest BCUT2D eigenvalue weighted by Gasteiger charge is 2.00. The monoisotopic (exact) mass is 95.0 g/mol. The minimum atomic E-state index is -0.792. The van der Waals surface area contributed by atoms with E-state index in [4.69, 9.17) is 6.42 Å². The van der Waals surface area contributed by atoms with Crippen LogP contribution in [0.5, 0.6) is 0 Å². The fraction of sp³-hybridized carbons (Fsp3) is 0.200. The summed E-state index contributed by atoms with van der Waals surface area (Å²) >= 11 is 0. The predicted octanol–water partition coefficient (Wildman–Crippen LogP) is -0.488. The van der Waals surface area contributed by atoms with Crippen LogP contribution < -0.4 is 5.73 Å². The number of rotatable bonds is 1. The van der Waals surface area contributed by atoms with Crippen LogP contribution in [-0.2, 0) is 4.79 Å². The average molecular weight is 95.1 g/mol. The van der Waals surface area contributed by atoms with E-state index < -0.39 is 11.8 Å². The first-order valence-corrected chi connectivity index (χ1v) is 1.73. The summed E-state index contributed by atoms with van der Waals surface area (Å²) in [5, 5.41) is 0. The lowest BCUT2D eigenvalue weighted by molar-refractivity contribution is -0.119. The number of amides is 1. The highest BCUT2D eigenvalue weighted by molar-refractivity contribution is 5.79. The molecule has 36 valence electrons. The second-order valence-corrected chi connectivity index (χ2v) is 1.10. The number of carbonyl (C=O) groups is 1. The van der Waals surface area contributed by atoms with Gasteiger partial charge in [-0.15, -0.1) is 0 Å². The summed E-state index contributed by atoms with van der Waals surface area (Å²) in [5.74, 6) is 0.421. The van der Waals surface area contributed by atoms with Crippen molar-refractivity contribution in [1.82, 2.24) is 0 Å². The van der Waals surface area contributed by atoms with Gasteiger partial charge in [-0.3, -0.25) is 4.79 Å². The largest absolute Gasteiger partial charge is 0.369 e. The highest BCUT2D eigenvalue weighted by Crippen LogP contribution is 1.84. The summed E-state index contributed by atoms with van der Waals surface area (Å²) in [6.45, 7) is 3.18. The van der Waals surface area contributed by atoms with Crippen LogP contribution >= 0.6 is 0 Å². The molecule has 1 atom stereocenters. The van der Waals surface area contributed by atoms with E-state index in [9.17, 15) is 4.79 Å². The first kappa shape index (κ1) is 6.03. The van der Waals surface area contributed by atoms with Gasteiger partial charge in [-0.2, -0.15) is 0 Å². The van der Waals surface area contributed by atoms with Gasteiger partial charge in [0, 0.05) is 0 Å². The minimum absolute atomic E-state index is 0.616. The third-order valence-electron chi connectivity index (χ3n) is 0.518. The molecule has 7 heavy (non-hydrogen) atoms. The van der Waals surface area contributed by atoms with Gasteiger partial charge < -0.3 is 5.73 Å². The fourth-order valence-corrected chi connectivity index (χ4v) is 0.0711. The second-order valence-electron chi connectivity index (χ2n) is 1.10. The quantitative estimate of drug-likeness (QED) is 0.439. The van der Waals surface area contributed by atoms with Crippen LogP contribution in [0.25, 0.3) is 0 Å². The summed E-state index contributed by atoms with van der Waals surface area (Å²) in [6, 6.07) is 0. The van der Waals surface area contributed by atoms with Crippen LogP contribution in [0.3, 0.4) is 0 Å². The Morgan fingerprint density at radius 2 is 2.43 bits per heavy atom. The molecule has 0 saturated heterocycles. The van der Waals surface area contributed by atoms with Crippen molar-refractivity contribution in [2.45, 2.75) is 0 Å². The topological polar surface area (TPSA) is 43.1 Å². The van der Waals surface area contributed by atoms with Crippen LogP contribution in [0, 0.1) is 25.2 Å². The zero-order valence-corrected chi connectivity index (χ0v) is 3.77. The Balaban J connectivity index is 3.63. The Labute approximate surface area is 42.7 Å². The van der Waals surface area contributed by atoms with E-state index in [2.05, 4.69) is 12.7 Å². The van der Waals surface area contributed by atoms with Gasteiger partial charge in [0.25, 0.3) is 0 Å². The maximum atomic E-state index is 9.91. The van der Waals surface area contributed by atoms with Crippen LogP contribution in [0.2, 0.25) is 0 Å². The van der Waals surface area contributed by atoms with Crippen LogP contribution in [0.15, 0.2) is 0 Å². The Bertz CT molecular complexity index is 112. The summed E-state index contributed by atoms with van der Waals surface area (Å²) < 4.78 is 0. The van der Waals surface area contributed by atoms with E-state index in [1.54, 1.807) is 0 Å². The molecule has 1 amide bonds. The average Bonchev–Trinajstić information content (AvgIpc) is 1.65. The molecule has 0 aromatic carbocycles. The normalized spacial score (nSPS) is 12.0. The van der Waals surface area contributed by atoms with Crippen molar-refractivity contribution in [3.63, 3.8) is 0 Å². The van der Waals surface area contributed by atoms with E-state index in [0.717, 1.165) is 0 Å². The van der Waals surface area contributed by atoms with E-state index in [-0.39, 0.29) is 0 Å². The molecule has 0 heterocycles. The summed E-state index contributed by atoms with van der Waals surface area (Å²) in [5.41, 5.74) is 4.66. The molecular weight excluding hydrogens is 90.1 g/mol. The molecule has 1 unspecified atom stereocenters. The van der Waals surface area contributed by atoms with Crippen molar-refractivity contribution in [2.24, 2.45) is 11.7 Å². The number of nitrogens with two attached hydrogens (primary N) is 1. The van der Waals surface area contributed by atoms with Crippen molar-refractivity contribution >= 4 is 5.91 Å². The number of primary amides is 1. The molecule has 2 nitrogen and oxygen atoms in total. The molecule has 0 rings (SSSR count). The molecule has 2 heteroatoms. The first-order valence-electron chi connectivity index (χ1n) is 1.73. The van der Waals surface area contributed by atoms with Gasteiger partial charge in [0.1, 0.15) is 0 Å². The molecule has 0 bridgehead atoms. The summed E-state index contributed by atoms with van der Waals surface area (Å²) in [6.07, 6.45) is 6.33. The Morgan fingerprint density at radius 3 is 2.43 bits per heavy atom. The number of carbonyl (C=O) groups excluding carboxylic acids is 1. The molecule has 2 radical (unpaired) electrons. The lowest BCUT2D eigenvalue weighted by Crippen LogP contribution is -2.18. The zero-order valence-electron chi connectivity index (χ0n) is 3.77. The van der Waals surface area contributed by atoms with Crippen molar-refractivity contribution < 1.29 is 4.79 Å². The maximum absolute atomic E-state index is 9.91. The molecule has 0 aliphatic rings. The van der Waals surface area contributed by atoms with Gasteiger partial charge in [-0.25, -0.2) is 0 Å². The zero-order chi connectivity index (χ0) is 5.86. The van der Waals surface area contributed by atoms with E-state index >= 15 is 0 Å². The van der Waals surface area contributed by atoms with Gasteiger partial charge >= 0.3 is 0 Å². The summed E-state index contributed by atoms with van der Waals surface area (Å²) in [7, 11) is 0. The molecule has 0 fully saturated rings. The minimum Gasteiger partial charge on any atom is -0.369 e. The van der Waals surface area contributed by atoms with Crippen molar-refractivity contribution in [1.29, 1.82) is 0 Å². The van der Waals surface area contributed by atoms with Crippen LogP contribution in [-0.4, -0.2) is 5.91 Å². The lowest BCUT2D eigenvalue weighted by atomic mass is 10.2. The molecule has 2 N–H and O–H groups in total.